The zero-order valence-electron chi connectivity index (χ0n) is 17.5. The molecule has 4 rings (SSSR count). The lowest BCUT2D eigenvalue weighted by atomic mass is 10.1. The van der Waals surface area contributed by atoms with E-state index in [0.717, 1.165) is 5.56 Å². The van der Waals surface area contributed by atoms with E-state index in [9.17, 15) is 4.79 Å². The zero-order valence-corrected chi connectivity index (χ0v) is 19.8. The third-order valence-corrected chi connectivity index (χ3v) is 5.55. The molecule has 0 aliphatic heterocycles. The van der Waals surface area contributed by atoms with Gasteiger partial charge in [0.25, 0.3) is 11.4 Å². The van der Waals surface area contributed by atoms with Crippen LogP contribution in [0, 0.1) is 6.92 Å². The van der Waals surface area contributed by atoms with Crippen LogP contribution in [0.3, 0.4) is 0 Å². The van der Waals surface area contributed by atoms with Gasteiger partial charge < -0.3 is 9.47 Å². The van der Waals surface area contributed by atoms with E-state index in [1.807, 2.05) is 25.1 Å². The van der Waals surface area contributed by atoms with Gasteiger partial charge in [-0.15, -0.1) is 10.2 Å². The van der Waals surface area contributed by atoms with Gasteiger partial charge in [-0.1, -0.05) is 59.6 Å². The second-order valence-electron chi connectivity index (χ2n) is 7.09. The number of para-hydroxylation sites is 1. The standard InChI is InChI=1S/C23H17Cl3N4O3/c1-12-6-4-5-7-18(12)32-22-17(26)11-19(27-28-22)33-21(15-9-8-14(24)10-16(15)25)20-13(2)29-30(3)23(20)31/h4-11,29H,2H2,1,3H3. The predicted molar refractivity (Wildman–Crippen MR) is 129 cm³/mol. The summed E-state index contributed by atoms with van der Waals surface area (Å²) >= 11 is 18.8. The van der Waals surface area contributed by atoms with E-state index >= 15 is 0 Å². The molecule has 0 saturated carbocycles. The molecule has 2 heterocycles. The SMILES string of the molecule is C=c1[nH]n(C)c(=O)c1=C(Oc1cc(Cl)c(Oc2ccccc2C)nn1)c1ccc(Cl)cc1Cl. The molecule has 0 aliphatic carbocycles. The smallest absolute Gasteiger partial charge is 0.277 e. The minimum absolute atomic E-state index is 0.0285. The van der Waals surface area contributed by atoms with Gasteiger partial charge in [-0.25, -0.2) is 0 Å². The van der Waals surface area contributed by atoms with E-state index in [1.165, 1.54) is 10.7 Å². The number of rotatable bonds is 5. The Labute approximate surface area is 203 Å². The van der Waals surface area contributed by atoms with Crippen LogP contribution in [-0.4, -0.2) is 20.0 Å². The number of hydrogen-bond donors (Lipinski definition) is 1. The quantitative estimate of drug-likeness (QED) is 0.441. The van der Waals surface area contributed by atoms with E-state index in [1.54, 1.807) is 31.3 Å². The molecule has 0 aliphatic rings. The Hall–Kier alpha value is -3.26. The molecule has 2 aromatic heterocycles. The molecule has 2 aromatic carbocycles. The summed E-state index contributed by atoms with van der Waals surface area (Å²) in [6.45, 7) is 5.80. The molecule has 0 unspecified atom stereocenters. The number of benzene rings is 2. The highest BCUT2D eigenvalue weighted by Gasteiger charge is 2.18. The fourth-order valence-electron chi connectivity index (χ4n) is 3.09. The van der Waals surface area contributed by atoms with Crippen molar-refractivity contribution in [3.8, 4) is 17.5 Å². The number of nitrogens with one attached hydrogen (secondary N) is 1. The number of H-pyrrole nitrogens is 1. The van der Waals surface area contributed by atoms with E-state index < -0.39 is 0 Å². The highest BCUT2D eigenvalue weighted by Crippen LogP contribution is 2.32. The van der Waals surface area contributed by atoms with Crippen molar-refractivity contribution in [2.45, 2.75) is 6.92 Å². The zero-order chi connectivity index (χ0) is 23.7. The van der Waals surface area contributed by atoms with Gasteiger partial charge in [0.2, 0.25) is 5.88 Å². The van der Waals surface area contributed by atoms with Crippen LogP contribution in [0.5, 0.6) is 17.5 Å². The molecule has 168 valence electrons. The fourth-order valence-corrected chi connectivity index (χ4v) is 3.76. The van der Waals surface area contributed by atoms with Crippen LogP contribution >= 0.6 is 34.8 Å². The molecule has 10 heteroatoms. The summed E-state index contributed by atoms with van der Waals surface area (Å²) in [6.07, 6.45) is 0. The van der Waals surface area contributed by atoms with E-state index in [-0.39, 0.29) is 38.3 Å². The minimum atomic E-state index is -0.362. The maximum atomic E-state index is 12.8. The van der Waals surface area contributed by atoms with Crippen molar-refractivity contribution >= 4 is 47.1 Å². The summed E-state index contributed by atoms with van der Waals surface area (Å²) < 4.78 is 13.0. The average Bonchev–Trinajstić information content (AvgIpc) is 3.01. The molecular formula is C23H17Cl3N4O3. The van der Waals surface area contributed by atoms with Gasteiger partial charge in [-0.2, -0.15) is 0 Å². The molecule has 0 atom stereocenters. The lowest BCUT2D eigenvalue weighted by Crippen LogP contribution is -2.37. The highest BCUT2D eigenvalue weighted by atomic mass is 35.5. The number of halogens is 3. The lowest BCUT2D eigenvalue weighted by Gasteiger charge is -2.12. The van der Waals surface area contributed by atoms with Crippen molar-refractivity contribution in [1.29, 1.82) is 0 Å². The van der Waals surface area contributed by atoms with Crippen molar-refractivity contribution in [3.05, 3.63) is 95.6 Å². The second-order valence-corrected chi connectivity index (χ2v) is 8.34. The maximum absolute atomic E-state index is 12.8. The summed E-state index contributed by atoms with van der Waals surface area (Å²) in [5, 5.41) is 12.3. The summed E-state index contributed by atoms with van der Waals surface area (Å²) in [7, 11) is 1.57. The summed E-state index contributed by atoms with van der Waals surface area (Å²) in [5.74, 6) is 0.863. The largest absolute Gasteiger partial charge is 0.436 e. The number of aromatic amines is 1. The molecule has 1 N–H and O–H groups in total. The number of hydrogen-bond acceptors (Lipinski definition) is 5. The average molecular weight is 504 g/mol. The van der Waals surface area contributed by atoms with Crippen LogP contribution in [0.15, 0.2) is 53.3 Å². The first-order chi connectivity index (χ1) is 15.7. The van der Waals surface area contributed by atoms with E-state index in [2.05, 4.69) is 21.9 Å². The van der Waals surface area contributed by atoms with E-state index in [0.29, 0.717) is 21.7 Å². The van der Waals surface area contributed by atoms with Crippen LogP contribution < -0.4 is 25.6 Å². The molecule has 4 aromatic rings. The monoisotopic (exact) mass is 502 g/mol. The fraction of sp³-hybridized carbons (Fsp3) is 0.0870. The van der Waals surface area contributed by atoms with Crippen molar-refractivity contribution < 1.29 is 9.47 Å². The van der Waals surface area contributed by atoms with Crippen molar-refractivity contribution in [2.24, 2.45) is 7.05 Å². The molecule has 7 nitrogen and oxygen atoms in total. The van der Waals surface area contributed by atoms with Crippen molar-refractivity contribution in [1.82, 2.24) is 20.0 Å². The Morgan fingerprint density at radius 3 is 2.45 bits per heavy atom. The Balaban J connectivity index is 1.80. The van der Waals surface area contributed by atoms with E-state index in [4.69, 9.17) is 44.3 Å². The third kappa shape index (κ3) is 4.75. The Morgan fingerprint density at radius 2 is 1.82 bits per heavy atom. The number of nitrogens with zero attached hydrogens (tertiary/aromatic N) is 3. The lowest BCUT2D eigenvalue weighted by molar-refractivity contribution is 0.434. The van der Waals surface area contributed by atoms with Crippen LogP contribution in [0.2, 0.25) is 15.1 Å². The first kappa shape index (κ1) is 22.9. The molecule has 0 bridgehead atoms. The molecule has 0 fully saturated rings. The molecule has 33 heavy (non-hydrogen) atoms. The summed E-state index contributed by atoms with van der Waals surface area (Å²) in [6, 6.07) is 13.7. The molecule has 0 saturated heterocycles. The van der Waals surface area contributed by atoms with Crippen molar-refractivity contribution in [3.63, 3.8) is 0 Å². The second kappa shape index (κ2) is 9.31. The van der Waals surface area contributed by atoms with Crippen LogP contribution in [0.25, 0.3) is 12.3 Å². The maximum Gasteiger partial charge on any atom is 0.277 e. The first-order valence-corrected chi connectivity index (χ1v) is 10.8. The topological polar surface area (TPSA) is 82.0 Å². The number of ether oxygens (including phenoxy) is 2. The molecule has 0 spiro atoms. The molecule has 0 radical (unpaired) electrons. The van der Waals surface area contributed by atoms with Crippen molar-refractivity contribution in [2.75, 3.05) is 0 Å². The molecule has 0 amide bonds. The first-order valence-electron chi connectivity index (χ1n) is 9.63. The van der Waals surface area contributed by atoms with Gasteiger partial charge in [0.1, 0.15) is 16.0 Å². The van der Waals surface area contributed by atoms with Gasteiger partial charge in [0, 0.05) is 23.7 Å². The minimum Gasteiger partial charge on any atom is -0.436 e. The summed E-state index contributed by atoms with van der Waals surface area (Å²) in [5.41, 5.74) is 0.968. The third-order valence-electron chi connectivity index (χ3n) is 4.73. The predicted octanol–water partition coefficient (Wildman–Crippen LogP) is 4.21. The van der Waals surface area contributed by atoms with Gasteiger partial charge in [0.15, 0.2) is 5.76 Å². The van der Waals surface area contributed by atoms with Gasteiger partial charge >= 0.3 is 0 Å². The van der Waals surface area contributed by atoms with Gasteiger partial charge in [-0.3, -0.25) is 14.6 Å². The van der Waals surface area contributed by atoms with Crippen LogP contribution in [0.4, 0.5) is 0 Å². The number of aromatic nitrogens is 4. The normalized spacial score (nSPS) is 11.9. The Kier molecular flexibility index (Phi) is 6.47. The van der Waals surface area contributed by atoms with Crippen LogP contribution in [0.1, 0.15) is 11.1 Å². The van der Waals surface area contributed by atoms with Gasteiger partial charge in [-0.05, 0) is 36.8 Å². The summed E-state index contributed by atoms with van der Waals surface area (Å²) in [4.78, 5) is 12.8. The van der Waals surface area contributed by atoms with Gasteiger partial charge in [0.05, 0.1) is 10.4 Å². The Morgan fingerprint density at radius 1 is 1.06 bits per heavy atom. The number of aryl methyl sites for hydroxylation is 2. The highest BCUT2D eigenvalue weighted by molar-refractivity contribution is 6.35. The Bertz CT molecular complexity index is 1530. The molecular weight excluding hydrogens is 487 g/mol. The van der Waals surface area contributed by atoms with Crippen LogP contribution in [-0.2, 0) is 7.05 Å².